The van der Waals surface area contributed by atoms with Gasteiger partial charge in [-0.1, -0.05) is 15.9 Å². The zero-order valence-corrected chi connectivity index (χ0v) is 10.7. The molecule has 0 saturated carbocycles. The molecule has 6 heteroatoms. The molecule has 0 aliphatic heterocycles. The van der Waals surface area contributed by atoms with E-state index in [2.05, 4.69) is 26.2 Å². The smallest absolute Gasteiger partial charge is 0.275 e. The number of imidazole rings is 1. The van der Waals surface area contributed by atoms with Gasteiger partial charge in [0, 0.05) is 17.7 Å². The Morgan fingerprint density at radius 1 is 1.53 bits per heavy atom. The van der Waals surface area contributed by atoms with Crippen molar-refractivity contribution in [1.29, 1.82) is 0 Å². The molecule has 2 rings (SSSR count). The molecule has 0 bridgehead atoms. The lowest BCUT2D eigenvalue weighted by Crippen LogP contribution is -2.13. The molecule has 17 heavy (non-hydrogen) atoms. The van der Waals surface area contributed by atoms with Gasteiger partial charge >= 0.3 is 0 Å². The van der Waals surface area contributed by atoms with Crippen LogP contribution in [0.1, 0.15) is 10.5 Å². The molecule has 0 spiro atoms. The van der Waals surface area contributed by atoms with Crippen molar-refractivity contribution >= 4 is 33.2 Å². The number of anilines is 2. The van der Waals surface area contributed by atoms with Crippen LogP contribution in [-0.4, -0.2) is 15.5 Å². The van der Waals surface area contributed by atoms with Crippen molar-refractivity contribution in [3.8, 4) is 0 Å². The van der Waals surface area contributed by atoms with Crippen LogP contribution in [-0.2, 0) is 7.05 Å². The Labute approximate surface area is 107 Å². The number of rotatable bonds is 2. The molecule has 3 N–H and O–H groups in total. The summed E-state index contributed by atoms with van der Waals surface area (Å²) in [5, 5.41) is 2.71. The fraction of sp³-hybridized carbons (Fsp3) is 0.0909. The lowest BCUT2D eigenvalue weighted by molar-refractivity contribution is 0.102. The van der Waals surface area contributed by atoms with E-state index in [1.807, 2.05) is 6.07 Å². The van der Waals surface area contributed by atoms with Gasteiger partial charge in [-0.25, -0.2) is 4.98 Å². The Balaban J connectivity index is 2.18. The summed E-state index contributed by atoms with van der Waals surface area (Å²) in [6, 6.07) is 5.28. The first kappa shape index (κ1) is 11.7. The molecule has 5 nitrogen and oxygen atoms in total. The number of benzene rings is 1. The van der Waals surface area contributed by atoms with Gasteiger partial charge in [0.15, 0.2) is 0 Å². The number of amides is 1. The maximum atomic E-state index is 11.8. The van der Waals surface area contributed by atoms with Gasteiger partial charge < -0.3 is 15.6 Å². The molecule has 0 radical (unpaired) electrons. The molecule has 1 aromatic heterocycles. The monoisotopic (exact) mass is 294 g/mol. The van der Waals surface area contributed by atoms with Crippen LogP contribution < -0.4 is 11.1 Å². The number of nitrogens with one attached hydrogen (secondary N) is 1. The van der Waals surface area contributed by atoms with Gasteiger partial charge in [0.2, 0.25) is 0 Å². The summed E-state index contributed by atoms with van der Waals surface area (Å²) >= 11 is 3.30. The minimum absolute atomic E-state index is 0.278. The second-order valence-corrected chi connectivity index (χ2v) is 4.53. The lowest BCUT2D eigenvalue weighted by atomic mass is 10.2. The maximum absolute atomic E-state index is 11.8. The lowest BCUT2D eigenvalue weighted by Gasteiger charge is -2.06. The van der Waals surface area contributed by atoms with E-state index in [-0.39, 0.29) is 5.91 Å². The molecule has 1 aromatic carbocycles. The first-order chi connectivity index (χ1) is 8.06. The summed E-state index contributed by atoms with van der Waals surface area (Å²) in [7, 11) is 1.80. The van der Waals surface area contributed by atoms with Crippen molar-refractivity contribution in [3.05, 3.63) is 40.9 Å². The third-order valence-corrected chi connectivity index (χ3v) is 2.69. The predicted molar refractivity (Wildman–Crippen MR) is 69.7 cm³/mol. The molecule has 2 aromatic rings. The van der Waals surface area contributed by atoms with Crippen LogP contribution in [0.25, 0.3) is 0 Å². The number of carbonyl (C=O) groups excluding carboxylic acids is 1. The summed E-state index contributed by atoms with van der Waals surface area (Å²) in [6.07, 6.45) is 3.21. The van der Waals surface area contributed by atoms with Crippen LogP contribution in [0, 0.1) is 0 Å². The molecule has 0 unspecified atom stereocenters. The first-order valence-corrected chi connectivity index (χ1v) is 5.70. The van der Waals surface area contributed by atoms with Crippen molar-refractivity contribution in [1.82, 2.24) is 9.55 Å². The molecular weight excluding hydrogens is 284 g/mol. The van der Waals surface area contributed by atoms with Gasteiger partial charge in [0.25, 0.3) is 5.91 Å². The van der Waals surface area contributed by atoms with E-state index in [0.717, 1.165) is 4.47 Å². The van der Waals surface area contributed by atoms with Gasteiger partial charge in [0.05, 0.1) is 17.7 Å². The number of nitrogens with zero attached hydrogens (tertiary/aromatic N) is 2. The molecule has 1 heterocycles. The Kier molecular flexibility index (Phi) is 3.14. The van der Waals surface area contributed by atoms with Crippen molar-refractivity contribution in [2.75, 3.05) is 11.1 Å². The molecule has 1 amide bonds. The highest BCUT2D eigenvalue weighted by Crippen LogP contribution is 2.23. The van der Waals surface area contributed by atoms with E-state index >= 15 is 0 Å². The van der Waals surface area contributed by atoms with E-state index < -0.39 is 0 Å². The van der Waals surface area contributed by atoms with Crippen molar-refractivity contribution < 1.29 is 4.79 Å². The molecule has 0 saturated heterocycles. The second-order valence-electron chi connectivity index (χ2n) is 3.61. The second kappa shape index (κ2) is 4.58. The highest BCUT2D eigenvalue weighted by Gasteiger charge is 2.10. The van der Waals surface area contributed by atoms with Gasteiger partial charge in [0.1, 0.15) is 5.69 Å². The van der Waals surface area contributed by atoms with Gasteiger partial charge in [-0.05, 0) is 18.2 Å². The molecule has 0 aliphatic carbocycles. The third-order valence-electron chi connectivity index (χ3n) is 2.20. The van der Waals surface area contributed by atoms with Crippen LogP contribution in [0.4, 0.5) is 11.4 Å². The number of nitrogens with two attached hydrogens (primary N) is 1. The van der Waals surface area contributed by atoms with E-state index in [1.165, 1.54) is 0 Å². The molecule has 0 aliphatic rings. The van der Waals surface area contributed by atoms with Crippen LogP contribution in [0.2, 0.25) is 0 Å². The highest BCUT2D eigenvalue weighted by molar-refractivity contribution is 9.10. The van der Waals surface area contributed by atoms with Gasteiger partial charge in [-0.15, -0.1) is 0 Å². The molecule has 88 valence electrons. The van der Waals surface area contributed by atoms with E-state index in [4.69, 9.17) is 5.73 Å². The maximum Gasteiger partial charge on any atom is 0.275 e. The van der Waals surface area contributed by atoms with E-state index in [9.17, 15) is 4.79 Å². The standard InChI is InChI=1S/C11H11BrN4O/c1-16-5-10(14-6-16)11(17)15-9-3-2-7(12)4-8(9)13/h2-6H,13H2,1H3,(H,15,17). The highest BCUT2D eigenvalue weighted by atomic mass is 79.9. The van der Waals surface area contributed by atoms with Crippen LogP contribution in [0.3, 0.4) is 0 Å². The minimum Gasteiger partial charge on any atom is -0.397 e. The fourth-order valence-corrected chi connectivity index (χ4v) is 1.74. The average Bonchev–Trinajstić information content (AvgIpc) is 2.69. The Morgan fingerprint density at radius 3 is 2.88 bits per heavy atom. The zero-order chi connectivity index (χ0) is 12.4. The predicted octanol–water partition coefficient (Wildman–Crippen LogP) is 2.02. The molecule has 0 fully saturated rings. The zero-order valence-electron chi connectivity index (χ0n) is 9.14. The number of nitrogen functional groups attached to an aromatic ring is 1. The Hall–Kier alpha value is -1.82. The van der Waals surface area contributed by atoms with E-state index in [1.54, 1.807) is 36.3 Å². The number of hydrogen-bond acceptors (Lipinski definition) is 3. The topological polar surface area (TPSA) is 72.9 Å². The summed E-state index contributed by atoms with van der Waals surface area (Å²) < 4.78 is 2.57. The summed E-state index contributed by atoms with van der Waals surface area (Å²) in [5.74, 6) is -0.278. The Morgan fingerprint density at radius 2 is 2.29 bits per heavy atom. The summed E-state index contributed by atoms with van der Waals surface area (Å²) in [4.78, 5) is 15.8. The first-order valence-electron chi connectivity index (χ1n) is 4.90. The number of halogens is 1. The number of carbonyl (C=O) groups is 1. The number of aryl methyl sites for hydroxylation is 1. The molecule has 0 atom stereocenters. The van der Waals surface area contributed by atoms with Crippen LogP contribution in [0.5, 0.6) is 0 Å². The third kappa shape index (κ3) is 2.65. The van der Waals surface area contributed by atoms with Gasteiger partial charge in [-0.2, -0.15) is 0 Å². The van der Waals surface area contributed by atoms with E-state index in [0.29, 0.717) is 17.1 Å². The SMILES string of the molecule is Cn1cnc(C(=O)Nc2ccc(Br)cc2N)c1. The number of hydrogen-bond donors (Lipinski definition) is 2. The largest absolute Gasteiger partial charge is 0.397 e. The summed E-state index contributed by atoms with van der Waals surface area (Å²) in [5.41, 5.74) is 7.22. The minimum atomic E-state index is -0.278. The molecular formula is C11H11BrN4O. The van der Waals surface area contributed by atoms with Crippen molar-refractivity contribution in [3.63, 3.8) is 0 Å². The van der Waals surface area contributed by atoms with Crippen molar-refractivity contribution in [2.24, 2.45) is 7.05 Å². The van der Waals surface area contributed by atoms with Crippen molar-refractivity contribution in [2.45, 2.75) is 0 Å². The number of aromatic nitrogens is 2. The Bertz CT molecular complexity index is 564. The summed E-state index contributed by atoms with van der Waals surface area (Å²) in [6.45, 7) is 0. The van der Waals surface area contributed by atoms with Crippen LogP contribution >= 0.6 is 15.9 Å². The normalized spacial score (nSPS) is 10.2. The quantitative estimate of drug-likeness (QED) is 0.832. The average molecular weight is 295 g/mol. The van der Waals surface area contributed by atoms with Gasteiger partial charge in [-0.3, -0.25) is 4.79 Å². The fourth-order valence-electron chi connectivity index (χ4n) is 1.36. The van der Waals surface area contributed by atoms with Crippen LogP contribution in [0.15, 0.2) is 35.2 Å².